The first kappa shape index (κ1) is 36.0. The van der Waals surface area contributed by atoms with Crippen LogP contribution in [0.4, 0.5) is 0 Å². The number of hydrogen-bond donors (Lipinski definition) is 6. The third-order valence-electron chi connectivity index (χ3n) is 15.0. The lowest BCUT2D eigenvalue weighted by atomic mass is 9.46. The zero-order valence-electron chi connectivity index (χ0n) is 29.8. The quantitative estimate of drug-likeness (QED) is 0.235. The molecule has 8 rings (SSSR count). The van der Waals surface area contributed by atoms with E-state index in [1.807, 2.05) is 0 Å². The maximum Gasteiger partial charge on any atom is 0.187 e. The molecule has 6 N–H and O–H groups in total. The van der Waals surface area contributed by atoms with Crippen LogP contribution in [0.3, 0.4) is 0 Å². The predicted octanol–water partition coefficient (Wildman–Crippen LogP) is 1.92. The Balaban J connectivity index is 1.04. The highest BCUT2D eigenvalue weighted by molar-refractivity contribution is 5.29. The van der Waals surface area contributed by atoms with Crippen LogP contribution in [0.2, 0.25) is 0 Å². The molecule has 0 aromatic rings. The summed E-state index contributed by atoms with van der Waals surface area (Å²) in [4.78, 5) is 0. The van der Waals surface area contributed by atoms with E-state index in [2.05, 4.69) is 33.4 Å². The summed E-state index contributed by atoms with van der Waals surface area (Å²) in [5.41, 5.74) is 2.01. The van der Waals surface area contributed by atoms with Crippen molar-refractivity contribution in [3.05, 3.63) is 23.8 Å². The monoisotopic (exact) mass is 706 g/mol. The number of aliphatic hydroxyl groups excluding tert-OH is 6. The molecule has 2 unspecified atom stereocenters. The summed E-state index contributed by atoms with van der Waals surface area (Å²) in [7, 11) is 0. The summed E-state index contributed by atoms with van der Waals surface area (Å²) in [5, 5.41) is 64.1. The van der Waals surface area contributed by atoms with Gasteiger partial charge in [0.15, 0.2) is 18.4 Å². The van der Waals surface area contributed by atoms with Crippen molar-refractivity contribution in [3.8, 4) is 0 Å². The van der Waals surface area contributed by atoms with Crippen molar-refractivity contribution in [1.82, 2.24) is 0 Å². The van der Waals surface area contributed by atoms with Crippen LogP contribution in [0.1, 0.15) is 79.1 Å². The van der Waals surface area contributed by atoms with Crippen molar-refractivity contribution in [2.45, 2.75) is 158 Å². The van der Waals surface area contributed by atoms with Crippen LogP contribution in [-0.2, 0) is 28.4 Å². The molecule has 4 saturated heterocycles. The van der Waals surface area contributed by atoms with E-state index in [1.165, 1.54) is 5.57 Å². The van der Waals surface area contributed by atoms with E-state index in [9.17, 15) is 30.6 Å². The molecule has 0 aromatic carbocycles. The van der Waals surface area contributed by atoms with E-state index in [1.54, 1.807) is 6.92 Å². The van der Waals surface area contributed by atoms with Gasteiger partial charge in [-0.25, -0.2) is 0 Å². The molecule has 282 valence electrons. The molecule has 0 aromatic heterocycles. The highest BCUT2D eigenvalue weighted by Crippen LogP contribution is 2.71. The Hall–Kier alpha value is -1.00. The molecule has 8 aliphatic rings. The van der Waals surface area contributed by atoms with Gasteiger partial charge in [-0.3, -0.25) is 0 Å². The summed E-state index contributed by atoms with van der Waals surface area (Å²) >= 11 is 0. The second-order valence-electron chi connectivity index (χ2n) is 17.5. The van der Waals surface area contributed by atoms with Crippen LogP contribution in [0.15, 0.2) is 23.8 Å². The first-order valence-corrected chi connectivity index (χ1v) is 19.0. The lowest BCUT2D eigenvalue weighted by Gasteiger charge is -2.60. The van der Waals surface area contributed by atoms with Gasteiger partial charge in [0.25, 0.3) is 0 Å². The van der Waals surface area contributed by atoms with Crippen molar-refractivity contribution >= 4 is 0 Å². The average molecular weight is 707 g/mol. The van der Waals surface area contributed by atoms with Gasteiger partial charge in [0.2, 0.25) is 0 Å². The minimum Gasteiger partial charge on any atom is -0.393 e. The van der Waals surface area contributed by atoms with Gasteiger partial charge in [-0.15, -0.1) is 0 Å². The second kappa shape index (κ2) is 12.8. The first-order valence-electron chi connectivity index (χ1n) is 19.0. The highest BCUT2D eigenvalue weighted by atomic mass is 16.8. The normalized spacial score (nSPS) is 57.8. The van der Waals surface area contributed by atoms with Crippen LogP contribution in [-0.4, -0.2) is 123 Å². The molecule has 0 bridgehead atoms. The maximum absolute atomic E-state index is 11.1. The van der Waals surface area contributed by atoms with Crippen LogP contribution in [0, 0.1) is 40.4 Å². The van der Waals surface area contributed by atoms with E-state index in [4.69, 9.17) is 28.4 Å². The highest BCUT2D eigenvalue weighted by Gasteiger charge is 2.69. The summed E-state index contributed by atoms with van der Waals surface area (Å²) in [5.74, 6) is 1.34. The van der Waals surface area contributed by atoms with Gasteiger partial charge in [0.1, 0.15) is 36.6 Å². The fourth-order valence-electron chi connectivity index (χ4n) is 12.2. The molecule has 12 nitrogen and oxygen atoms in total. The second-order valence-corrected chi connectivity index (χ2v) is 17.5. The van der Waals surface area contributed by atoms with Crippen LogP contribution < -0.4 is 0 Å². The molecule has 50 heavy (non-hydrogen) atoms. The minimum absolute atomic E-state index is 0.112. The van der Waals surface area contributed by atoms with Gasteiger partial charge in [0.05, 0.1) is 37.6 Å². The fourth-order valence-corrected chi connectivity index (χ4v) is 12.2. The van der Waals surface area contributed by atoms with Gasteiger partial charge in [0, 0.05) is 24.2 Å². The number of ether oxygens (including phenoxy) is 6. The van der Waals surface area contributed by atoms with E-state index >= 15 is 0 Å². The van der Waals surface area contributed by atoms with Crippen molar-refractivity contribution in [1.29, 1.82) is 0 Å². The smallest absolute Gasteiger partial charge is 0.187 e. The molecule has 4 aliphatic heterocycles. The van der Waals surface area contributed by atoms with Crippen molar-refractivity contribution < 1.29 is 59.1 Å². The Morgan fingerprint density at radius 3 is 2.42 bits per heavy atom. The molecular weight excluding hydrogens is 648 g/mol. The molecule has 1 spiro atoms. The summed E-state index contributed by atoms with van der Waals surface area (Å²) in [6.07, 6.45) is -3.73. The standard InChI is InChI=1S/C38H58O12/c1-17-8-11-38(46-15-17)18(2)28-26(50-38)14-24-22-7-6-20-12-21(39)13-27(37(20,5)23(22)9-10-36(24,28)4)48-35-33(30(42)25(40)16-45-35)49-34-32(44)31(43)29(41)19(3)47-34/h6,18-19,21-35,39-44H,1,7-16H2,2-5H3/t18-,19-,21+,22+,23?,24?,25-,26-,27+,28-,29-,30-,31+,32+,33+,34-,35-,36-,37-,38+/m0/s1. The topological polar surface area (TPSA) is 177 Å². The van der Waals surface area contributed by atoms with E-state index in [-0.39, 0.29) is 24.0 Å². The lowest BCUT2D eigenvalue weighted by molar-refractivity contribution is -0.362. The average Bonchev–Trinajstić information content (AvgIpc) is 3.53. The Morgan fingerprint density at radius 1 is 0.900 bits per heavy atom. The molecular formula is C38H58O12. The van der Waals surface area contributed by atoms with Gasteiger partial charge in [-0.05, 0) is 74.5 Å². The summed E-state index contributed by atoms with van der Waals surface area (Å²) in [6, 6.07) is 0. The third-order valence-corrected chi connectivity index (χ3v) is 15.0. The van der Waals surface area contributed by atoms with Crippen molar-refractivity contribution in [2.75, 3.05) is 13.2 Å². The van der Waals surface area contributed by atoms with Gasteiger partial charge in [-0.1, -0.05) is 44.6 Å². The van der Waals surface area contributed by atoms with Crippen molar-refractivity contribution in [2.24, 2.45) is 40.4 Å². The van der Waals surface area contributed by atoms with Crippen LogP contribution >= 0.6 is 0 Å². The predicted molar refractivity (Wildman–Crippen MR) is 177 cm³/mol. The fraction of sp³-hybridized carbons (Fsp3) is 0.895. The molecule has 4 heterocycles. The third kappa shape index (κ3) is 5.38. The van der Waals surface area contributed by atoms with Crippen molar-refractivity contribution in [3.63, 3.8) is 0 Å². The van der Waals surface area contributed by atoms with E-state index in [0.717, 1.165) is 44.1 Å². The molecule has 3 saturated carbocycles. The van der Waals surface area contributed by atoms with Gasteiger partial charge in [-0.2, -0.15) is 0 Å². The molecule has 7 fully saturated rings. The zero-order chi connectivity index (χ0) is 35.5. The Bertz CT molecular complexity index is 1330. The molecule has 20 atom stereocenters. The van der Waals surface area contributed by atoms with Crippen LogP contribution in [0.5, 0.6) is 0 Å². The van der Waals surface area contributed by atoms with E-state index in [0.29, 0.717) is 43.1 Å². The SMILES string of the molecule is C=C1CC[C@@]2(OC1)O[C@H]1CC3[C@@H]4CC=C5C[C@@H](O)C[C@@H](O[C@@H]6OC[C@H](O)[C@H](O)[C@H]6O[C@@H]6O[C@@H](C)[C@H](O)[C@@H](O)[C@H]6O)[C@]5(C)C4CC[C@]3(C)[C@H]1[C@@H]2C. The Morgan fingerprint density at radius 2 is 1.68 bits per heavy atom. The zero-order valence-corrected chi connectivity index (χ0v) is 29.8. The van der Waals surface area contributed by atoms with Crippen LogP contribution in [0.25, 0.3) is 0 Å². The number of allylic oxidation sites excluding steroid dienone is 1. The summed E-state index contributed by atoms with van der Waals surface area (Å²) in [6.45, 7) is 13.1. The number of hydrogen-bond acceptors (Lipinski definition) is 12. The maximum atomic E-state index is 11.1. The van der Waals surface area contributed by atoms with E-state index < -0.39 is 78.7 Å². The Labute approximate surface area is 294 Å². The van der Waals surface area contributed by atoms with Gasteiger partial charge < -0.3 is 59.1 Å². The molecule has 0 amide bonds. The first-order chi connectivity index (χ1) is 23.7. The molecule has 4 aliphatic carbocycles. The number of fused-ring (bicyclic) bond motifs is 7. The summed E-state index contributed by atoms with van der Waals surface area (Å²) < 4.78 is 37.9. The van der Waals surface area contributed by atoms with Gasteiger partial charge >= 0.3 is 0 Å². The number of aliphatic hydroxyl groups is 6. The molecule has 0 radical (unpaired) electrons. The molecule has 12 heteroatoms. The minimum atomic E-state index is -1.61. The lowest BCUT2D eigenvalue weighted by Crippen LogP contribution is -2.63. The number of rotatable bonds is 4. The Kier molecular flexibility index (Phi) is 9.22. The largest absolute Gasteiger partial charge is 0.393 e.